The van der Waals surface area contributed by atoms with Gasteiger partial charge in [0, 0.05) is 32.6 Å². The number of fused-ring (bicyclic) bond motifs is 1. The summed E-state index contributed by atoms with van der Waals surface area (Å²) in [5.41, 5.74) is 4.27. The molecule has 1 fully saturated rings. The van der Waals surface area contributed by atoms with Crippen LogP contribution in [-0.2, 0) is 6.61 Å². The van der Waals surface area contributed by atoms with Gasteiger partial charge in [-0.15, -0.1) is 11.3 Å². The van der Waals surface area contributed by atoms with Gasteiger partial charge in [-0.3, -0.25) is 4.98 Å². The van der Waals surface area contributed by atoms with Gasteiger partial charge in [0.25, 0.3) is 0 Å². The van der Waals surface area contributed by atoms with Gasteiger partial charge in [-0.1, -0.05) is 24.9 Å². The lowest BCUT2D eigenvalue weighted by Gasteiger charge is -2.38. The van der Waals surface area contributed by atoms with E-state index in [9.17, 15) is 5.11 Å². The van der Waals surface area contributed by atoms with E-state index in [0.29, 0.717) is 5.02 Å². The number of pyridine rings is 1. The Labute approximate surface area is 162 Å². The van der Waals surface area contributed by atoms with Gasteiger partial charge in [0.05, 0.1) is 23.4 Å². The second kappa shape index (κ2) is 6.84. The molecule has 1 aromatic carbocycles. The Hall–Kier alpha value is -1.62. The van der Waals surface area contributed by atoms with Gasteiger partial charge in [0.15, 0.2) is 0 Å². The third-order valence-corrected chi connectivity index (χ3v) is 6.63. The molecule has 0 unspecified atom stereocenters. The van der Waals surface area contributed by atoms with E-state index in [1.807, 2.05) is 31.2 Å². The zero-order valence-corrected chi connectivity index (χ0v) is 16.6. The molecule has 1 aliphatic rings. The van der Waals surface area contributed by atoms with E-state index >= 15 is 0 Å². The molecule has 0 aliphatic heterocycles. The zero-order chi connectivity index (χ0) is 18.3. The summed E-state index contributed by atoms with van der Waals surface area (Å²) in [4.78, 5) is 5.35. The van der Waals surface area contributed by atoms with Crippen molar-refractivity contribution in [1.29, 1.82) is 0 Å². The van der Waals surface area contributed by atoms with Gasteiger partial charge in [-0.2, -0.15) is 0 Å². The largest absolute Gasteiger partial charge is 0.492 e. The lowest BCUT2D eigenvalue weighted by molar-refractivity contribution is 0.0775. The van der Waals surface area contributed by atoms with E-state index in [-0.39, 0.29) is 12.0 Å². The first-order chi connectivity index (χ1) is 12.5. The standard InChI is InChI=1S/C21H22ClNO2S/c1-13-8-14(22)9-17(19(13)25-12-21(2)5-3-6-21)16-4-7-23-18-10-15(11-24)26-20(16)18/h4,7-10,24H,3,5-6,11-12H2,1-2H3. The lowest BCUT2D eigenvalue weighted by Crippen LogP contribution is -2.32. The molecule has 0 saturated heterocycles. The molecular formula is C21H22ClNO2S. The van der Waals surface area contributed by atoms with Crippen LogP contribution < -0.4 is 4.74 Å². The molecule has 5 heteroatoms. The number of halogens is 1. The maximum absolute atomic E-state index is 9.49. The number of benzene rings is 1. The number of aromatic nitrogens is 1. The molecule has 1 saturated carbocycles. The van der Waals surface area contributed by atoms with Crippen molar-refractivity contribution in [3.63, 3.8) is 0 Å². The highest BCUT2D eigenvalue weighted by Gasteiger charge is 2.33. The quantitative estimate of drug-likeness (QED) is 0.584. The van der Waals surface area contributed by atoms with E-state index in [2.05, 4.69) is 11.9 Å². The van der Waals surface area contributed by atoms with Gasteiger partial charge < -0.3 is 9.84 Å². The Balaban J connectivity index is 1.81. The first kappa shape index (κ1) is 17.8. The molecular weight excluding hydrogens is 366 g/mol. The molecule has 136 valence electrons. The minimum absolute atomic E-state index is 0.0246. The van der Waals surface area contributed by atoms with Crippen LogP contribution in [0.5, 0.6) is 5.75 Å². The number of thiophene rings is 1. The summed E-state index contributed by atoms with van der Waals surface area (Å²) in [5, 5.41) is 10.2. The number of hydrogen-bond acceptors (Lipinski definition) is 4. The third kappa shape index (κ3) is 3.22. The number of aliphatic hydroxyl groups is 1. The summed E-state index contributed by atoms with van der Waals surface area (Å²) in [5.74, 6) is 0.897. The van der Waals surface area contributed by atoms with E-state index in [0.717, 1.165) is 44.1 Å². The van der Waals surface area contributed by atoms with Crippen molar-refractivity contribution >= 4 is 33.2 Å². The van der Waals surface area contributed by atoms with Crippen LogP contribution in [0.3, 0.4) is 0 Å². The summed E-state index contributed by atoms with van der Waals surface area (Å²) >= 11 is 7.94. The molecule has 0 radical (unpaired) electrons. The predicted molar refractivity (Wildman–Crippen MR) is 108 cm³/mol. The van der Waals surface area contributed by atoms with Crippen molar-refractivity contribution in [3.8, 4) is 16.9 Å². The Morgan fingerprint density at radius 1 is 1.27 bits per heavy atom. The Kier molecular flexibility index (Phi) is 4.68. The van der Waals surface area contributed by atoms with Gasteiger partial charge in [-0.05, 0) is 49.6 Å². The van der Waals surface area contributed by atoms with Crippen molar-refractivity contribution < 1.29 is 9.84 Å². The summed E-state index contributed by atoms with van der Waals surface area (Å²) in [6.07, 6.45) is 5.54. The van der Waals surface area contributed by atoms with Gasteiger partial charge in [0.2, 0.25) is 0 Å². The van der Waals surface area contributed by atoms with Crippen molar-refractivity contribution in [2.24, 2.45) is 5.41 Å². The summed E-state index contributed by atoms with van der Waals surface area (Å²) in [6, 6.07) is 7.87. The van der Waals surface area contributed by atoms with E-state index in [4.69, 9.17) is 16.3 Å². The molecule has 1 aliphatic carbocycles. The summed E-state index contributed by atoms with van der Waals surface area (Å²) < 4.78 is 7.40. The number of ether oxygens (including phenoxy) is 1. The molecule has 1 N–H and O–H groups in total. The third-order valence-electron chi connectivity index (χ3n) is 5.27. The average Bonchev–Trinajstić information content (AvgIpc) is 3.02. The molecule has 3 aromatic rings. The van der Waals surface area contributed by atoms with E-state index < -0.39 is 0 Å². The van der Waals surface area contributed by atoms with Crippen LogP contribution in [0.2, 0.25) is 5.02 Å². The first-order valence-electron chi connectivity index (χ1n) is 8.91. The Morgan fingerprint density at radius 2 is 2.08 bits per heavy atom. The molecule has 2 aromatic heterocycles. The Morgan fingerprint density at radius 3 is 2.77 bits per heavy atom. The smallest absolute Gasteiger partial charge is 0.130 e. The van der Waals surface area contributed by atoms with E-state index in [1.165, 1.54) is 19.3 Å². The number of aryl methyl sites for hydroxylation is 1. The number of aliphatic hydroxyl groups excluding tert-OH is 1. The van der Waals surface area contributed by atoms with Crippen LogP contribution >= 0.6 is 22.9 Å². The topological polar surface area (TPSA) is 42.4 Å². The highest BCUT2D eigenvalue weighted by atomic mass is 35.5. The second-order valence-corrected chi connectivity index (χ2v) is 9.07. The minimum atomic E-state index is 0.0246. The Bertz CT molecular complexity index is 962. The maximum Gasteiger partial charge on any atom is 0.130 e. The number of rotatable bonds is 5. The molecule has 0 amide bonds. The van der Waals surface area contributed by atoms with Crippen molar-refractivity contribution in [2.45, 2.75) is 39.7 Å². The molecule has 26 heavy (non-hydrogen) atoms. The maximum atomic E-state index is 9.49. The van der Waals surface area contributed by atoms with Crippen LogP contribution in [0.1, 0.15) is 36.6 Å². The molecule has 4 rings (SSSR count). The average molecular weight is 388 g/mol. The zero-order valence-electron chi connectivity index (χ0n) is 15.0. The van der Waals surface area contributed by atoms with Crippen LogP contribution in [0.25, 0.3) is 21.3 Å². The highest BCUT2D eigenvalue weighted by Crippen LogP contribution is 2.44. The van der Waals surface area contributed by atoms with Gasteiger partial charge >= 0.3 is 0 Å². The van der Waals surface area contributed by atoms with Crippen LogP contribution in [0, 0.1) is 12.3 Å². The fraction of sp³-hybridized carbons (Fsp3) is 0.381. The lowest BCUT2D eigenvalue weighted by atomic mass is 9.71. The fourth-order valence-corrected chi connectivity index (χ4v) is 4.84. The first-order valence-corrected chi connectivity index (χ1v) is 10.1. The fourth-order valence-electron chi connectivity index (χ4n) is 3.57. The van der Waals surface area contributed by atoms with Crippen LogP contribution in [0.4, 0.5) is 0 Å². The SMILES string of the molecule is Cc1cc(Cl)cc(-c2ccnc3cc(CO)sc23)c1OCC1(C)CCC1. The van der Waals surface area contributed by atoms with Crippen LogP contribution in [-0.4, -0.2) is 16.7 Å². The normalized spacial score (nSPS) is 15.8. The molecule has 2 heterocycles. The molecule has 3 nitrogen and oxygen atoms in total. The number of nitrogens with zero attached hydrogens (tertiary/aromatic N) is 1. The predicted octanol–water partition coefficient (Wildman–Crippen LogP) is 5.99. The minimum Gasteiger partial charge on any atom is -0.492 e. The molecule has 0 bridgehead atoms. The monoisotopic (exact) mass is 387 g/mol. The highest BCUT2D eigenvalue weighted by molar-refractivity contribution is 7.19. The van der Waals surface area contributed by atoms with Gasteiger partial charge in [0.1, 0.15) is 5.75 Å². The van der Waals surface area contributed by atoms with Crippen LogP contribution in [0.15, 0.2) is 30.5 Å². The van der Waals surface area contributed by atoms with Crippen molar-refractivity contribution in [3.05, 3.63) is 45.9 Å². The number of hydrogen-bond donors (Lipinski definition) is 1. The van der Waals surface area contributed by atoms with Gasteiger partial charge in [-0.25, -0.2) is 0 Å². The summed E-state index contributed by atoms with van der Waals surface area (Å²) in [6.45, 7) is 5.08. The van der Waals surface area contributed by atoms with Crippen molar-refractivity contribution in [2.75, 3.05) is 6.61 Å². The van der Waals surface area contributed by atoms with E-state index in [1.54, 1.807) is 17.5 Å². The summed E-state index contributed by atoms with van der Waals surface area (Å²) in [7, 11) is 0. The molecule has 0 spiro atoms. The second-order valence-electron chi connectivity index (χ2n) is 7.50. The molecule has 0 atom stereocenters. The van der Waals surface area contributed by atoms with Crippen molar-refractivity contribution in [1.82, 2.24) is 4.98 Å².